The monoisotopic (exact) mass is 879 g/mol. The molecule has 15 unspecified atom stereocenters. The van der Waals surface area contributed by atoms with Crippen LogP contribution < -0.4 is 0 Å². The summed E-state index contributed by atoms with van der Waals surface area (Å²) in [6.07, 6.45) is 4.14. The highest BCUT2D eigenvalue weighted by Crippen LogP contribution is 2.41. The molecular formula is C51H74O12. The van der Waals surface area contributed by atoms with Gasteiger partial charge >= 0.3 is 17.9 Å². The Balaban J connectivity index is 1.30. The molecule has 63 heavy (non-hydrogen) atoms. The molecule has 0 aromatic heterocycles. The highest BCUT2D eigenvalue weighted by Gasteiger charge is 2.51. The van der Waals surface area contributed by atoms with Crippen LogP contribution in [-0.4, -0.2) is 93.7 Å². The van der Waals surface area contributed by atoms with Crippen molar-refractivity contribution >= 4 is 17.9 Å². The Labute approximate surface area is 376 Å². The zero-order valence-electron chi connectivity index (χ0n) is 38.9. The lowest BCUT2D eigenvalue weighted by Gasteiger charge is -2.49. The standard InChI is InChI=1S/C51H74O12/c1-10-11-12-13-14-15-16-23-28-55-51-46(59-39(9)52)45(63-50-37(7)33(3)35(5)43(61-50)30-57-48(54)41-26-21-18-22-27-41)38(8)44(62-51)31-58-49-36(6)32(2)34(4)42(60-49)29-56-47(53)40-24-19-17-20-25-40/h10,17-22,24-27,32-38,42-46,49-51H,1,11-16,23,28-31H2,2-9H3. The molecule has 15 atom stereocenters. The van der Waals surface area contributed by atoms with E-state index in [4.69, 9.17) is 42.6 Å². The summed E-state index contributed by atoms with van der Waals surface area (Å²) in [4.78, 5) is 38.5. The normalized spacial score (nSPS) is 33.2. The van der Waals surface area contributed by atoms with Crippen LogP contribution in [0.3, 0.4) is 0 Å². The van der Waals surface area contributed by atoms with Crippen LogP contribution in [0.2, 0.25) is 0 Å². The number of ether oxygens (including phenoxy) is 9. The molecule has 0 N–H and O–H groups in total. The predicted octanol–water partition coefficient (Wildman–Crippen LogP) is 9.59. The molecular weight excluding hydrogens is 805 g/mol. The van der Waals surface area contributed by atoms with E-state index in [0.717, 1.165) is 38.5 Å². The second-order valence-electron chi connectivity index (χ2n) is 18.1. The minimum absolute atomic E-state index is 0.0255. The van der Waals surface area contributed by atoms with Crippen LogP contribution in [0.1, 0.15) is 121 Å². The van der Waals surface area contributed by atoms with Crippen molar-refractivity contribution in [2.75, 3.05) is 26.4 Å². The number of esters is 3. The van der Waals surface area contributed by atoms with Crippen LogP contribution >= 0.6 is 0 Å². The molecule has 0 bridgehead atoms. The summed E-state index contributed by atoms with van der Waals surface area (Å²) >= 11 is 0. The van der Waals surface area contributed by atoms with Gasteiger partial charge in [0.05, 0.1) is 36.0 Å². The Kier molecular flexibility index (Phi) is 20.1. The summed E-state index contributed by atoms with van der Waals surface area (Å²) in [6, 6.07) is 17.8. The van der Waals surface area contributed by atoms with E-state index in [9.17, 15) is 14.4 Å². The number of rotatable bonds is 22. The number of carbonyl (C=O) groups is 3. The summed E-state index contributed by atoms with van der Waals surface area (Å²) in [5, 5.41) is 0. The molecule has 0 spiro atoms. The Morgan fingerprint density at radius 3 is 1.56 bits per heavy atom. The molecule has 12 heteroatoms. The molecule has 3 aliphatic heterocycles. The second kappa shape index (κ2) is 25.2. The molecule has 3 saturated heterocycles. The van der Waals surface area contributed by atoms with Crippen LogP contribution in [0.15, 0.2) is 73.3 Å². The van der Waals surface area contributed by atoms with Gasteiger partial charge in [0.2, 0.25) is 0 Å². The molecule has 350 valence electrons. The average Bonchev–Trinajstić information content (AvgIpc) is 3.29. The minimum Gasteiger partial charge on any atom is -0.459 e. The summed E-state index contributed by atoms with van der Waals surface area (Å²) in [6.45, 7) is 20.6. The number of allylic oxidation sites excluding steroid dienone is 1. The van der Waals surface area contributed by atoms with E-state index in [2.05, 4.69) is 48.1 Å². The molecule has 0 amide bonds. The fourth-order valence-electron chi connectivity index (χ4n) is 8.85. The molecule has 3 fully saturated rings. The van der Waals surface area contributed by atoms with Crippen molar-refractivity contribution in [1.82, 2.24) is 0 Å². The first-order valence-electron chi connectivity index (χ1n) is 23.4. The molecule has 2 aromatic carbocycles. The SMILES string of the molecule is C=CCCCCCCCCOC1OC(COC2OC(COC(=O)c3ccccc3)C(C)C(C)C2C)C(C)C(OC2OC(COC(=O)c3ccccc3)C(C)C(C)C2C)C1OC(C)=O. The fraction of sp³-hybridized carbons (Fsp3) is 0.667. The average molecular weight is 879 g/mol. The number of unbranched alkanes of at least 4 members (excludes halogenated alkanes) is 6. The van der Waals surface area contributed by atoms with E-state index in [-0.39, 0.29) is 67.3 Å². The van der Waals surface area contributed by atoms with Crippen LogP contribution in [0.5, 0.6) is 0 Å². The summed E-state index contributed by atoms with van der Waals surface area (Å²) < 4.78 is 57.5. The topological polar surface area (TPSA) is 134 Å². The van der Waals surface area contributed by atoms with E-state index in [1.807, 2.05) is 25.1 Å². The van der Waals surface area contributed by atoms with Gasteiger partial charge in [0.15, 0.2) is 25.0 Å². The van der Waals surface area contributed by atoms with Crippen LogP contribution in [-0.2, 0) is 47.4 Å². The summed E-state index contributed by atoms with van der Waals surface area (Å²) in [5.41, 5.74) is 0.953. The van der Waals surface area contributed by atoms with E-state index in [1.54, 1.807) is 48.5 Å². The minimum atomic E-state index is -0.942. The third-order valence-electron chi connectivity index (χ3n) is 13.9. The molecule has 5 rings (SSSR count). The fourth-order valence-corrected chi connectivity index (χ4v) is 8.85. The Hall–Kier alpha value is -3.65. The van der Waals surface area contributed by atoms with Crippen LogP contribution in [0.25, 0.3) is 0 Å². The van der Waals surface area contributed by atoms with E-state index >= 15 is 0 Å². The maximum atomic E-state index is 12.9. The number of carbonyl (C=O) groups excluding carboxylic acids is 3. The molecule has 0 radical (unpaired) electrons. The van der Waals surface area contributed by atoms with Gasteiger partial charge in [0.25, 0.3) is 0 Å². The third kappa shape index (κ3) is 14.2. The predicted molar refractivity (Wildman–Crippen MR) is 238 cm³/mol. The quantitative estimate of drug-likeness (QED) is 0.0483. The highest BCUT2D eigenvalue weighted by molar-refractivity contribution is 5.89. The Bertz CT molecular complexity index is 1690. The summed E-state index contributed by atoms with van der Waals surface area (Å²) in [5.74, 6) is -1.18. The van der Waals surface area contributed by atoms with Gasteiger partial charge in [0, 0.05) is 31.3 Å². The first-order valence-corrected chi connectivity index (χ1v) is 23.4. The maximum absolute atomic E-state index is 12.9. The van der Waals surface area contributed by atoms with Crippen molar-refractivity contribution in [3.63, 3.8) is 0 Å². The lowest BCUT2D eigenvalue weighted by molar-refractivity contribution is -0.345. The largest absolute Gasteiger partial charge is 0.459 e. The van der Waals surface area contributed by atoms with E-state index < -0.39 is 61.2 Å². The van der Waals surface area contributed by atoms with Gasteiger partial charge in [0.1, 0.15) is 19.3 Å². The summed E-state index contributed by atoms with van der Waals surface area (Å²) in [7, 11) is 0. The van der Waals surface area contributed by atoms with Gasteiger partial charge in [-0.05, 0) is 67.2 Å². The van der Waals surface area contributed by atoms with Crippen molar-refractivity contribution in [3.05, 3.63) is 84.4 Å². The third-order valence-corrected chi connectivity index (χ3v) is 13.9. The Morgan fingerprint density at radius 2 is 1.02 bits per heavy atom. The van der Waals surface area contributed by atoms with E-state index in [0.29, 0.717) is 17.7 Å². The molecule has 12 nitrogen and oxygen atoms in total. The van der Waals surface area contributed by atoms with Gasteiger partial charge < -0.3 is 42.6 Å². The van der Waals surface area contributed by atoms with Crippen molar-refractivity contribution in [2.24, 2.45) is 41.4 Å². The van der Waals surface area contributed by atoms with Gasteiger partial charge in [-0.15, -0.1) is 6.58 Å². The van der Waals surface area contributed by atoms with Crippen molar-refractivity contribution in [2.45, 2.75) is 150 Å². The smallest absolute Gasteiger partial charge is 0.338 e. The van der Waals surface area contributed by atoms with Crippen LogP contribution in [0.4, 0.5) is 0 Å². The second-order valence-corrected chi connectivity index (χ2v) is 18.1. The lowest BCUT2D eigenvalue weighted by atomic mass is 9.79. The Morgan fingerprint density at radius 1 is 0.540 bits per heavy atom. The van der Waals surface area contributed by atoms with Gasteiger partial charge in [-0.1, -0.05) is 117 Å². The lowest BCUT2D eigenvalue weighted by Crippen LogP contribution is -2.60. The molecule has 3 heterocycles. The zero-order valence-corrected chi connectivity index (χ0v) is 38.9. The van der Waals surface area contributed by atoms with Crippen molar-refractivity contribution < 1.29 is 57.0 Å². The first-order chi connectivity index (χ1) is 30.3. The zero-order chi connectivity index (χ0) is 45.5. The molecule has 0 saturated carbocycles. The number of hydrogen-bond acceptors (Lipinski definition) is 12. The maximum Gasteiger partial charge on any atom is 0.338 e. The van der Waals surface area contributed by atoms with Gasteiger partial charge in [-0.3, -0.25) is 4.79 Å². The van der Waals surface area contributed by atoms with E-state index in [1.165, 1.54) is 13.3 Å². The van der Waals surface area contributed by atoms with Gasteiger partial charge in [-0.2, -0.15) is 0 Å². The number of hydrogen-bond donors (Lipinski definition) is 0. The molecule has 2 aromatic rings. The van der Waals surface area contributed by atoms with Gasteiger partial charge in [-0.25, -0.2) is 9.59 Å². The number of benzene rings is 2. The molecule has 3 aliphatic rings. The first kappa shape index (κ1) is 50.4. The molecule has 0 aliphatic carbocycles. The highest BCUT2D eigenvalue weighted by atomic mass is 16.7. The van der Waals surface area contributed by atoms with Crippen LogP contribution in [0, 0.1) is 41.4 Å². The van der Waals surface area contributed by atoms with Crippen molar-refractivity contribution in [3.8, 4) is 0 Å². The van der Waals surface area contributed by atoms with Crippen molar-refractivity contribution in [1.29, 1.82) is 0 Å².